The van der Waals surface area contributed by atoms with Crippen LogP contribution >= 0.6 is 10.5 Å². The van der Waals surface area contributed by atoms with Gasteiger partial charge in [0.2, 0.25) is 0 Å². The van der Waals surface area contributed by atoms with E-state index in [1.54, 1.807) is 12.1 Å². The van der Waals surface area contributed by atoms with E-state index in [0.717, 1.165) is 30.2 Å². The topological polar surface area (TPSA) is 0 Å². The highest BCUT2D eigenvalue weighted by Gasteiger charge is 2.50. The van der Waals surface area contributed by atoms with Crippen LogP contribution in [-0.2, 0) is 5.51 Å². The van der Waals surface area contributed by atoms with Crippen molar-refractivity contribution in [2.24, 2.45) is 0 Å². The van der Waals surface area contributed by atoms with Crippen molar-refractivity contribution in [1.29, 1.82) is 0 Å². The fraction of sp³-hybridized carbons (Fsp3) is 0.429. The Bertz CT molecular complexity index is 677. The SMILES string of the molecule is Cc1cccc2c1cc(C1CCC1)[s+]2C(F)(F)F.F[B-](F)(F)F. The molecule has 3 rings (SSSR count). The zero-order valence-corrected chi connectivity index (χ0v) is 13.0. The van der Waals surface area contributed by atoms with Crippen LogP contribution < -0.4 is 0 Å². The molecule has 1 aromatic heterocycles. The van der Waals surface area contributed by atoms with Crippen LogP contribution in [0.4, 0.5) is 30.4 Å². The molecule has 1 aliphatic rings. The van der Waals surface area contributed by atoms with E-state index in [0.29, 0.717) is 9.58 Å². The number of benzene rings is 1. The van der Waals surface area contributed by atoms with Gasteiger partial charge in [0.1, 0.15) is 0 Å². The summed E-state index contributed by atoms with van der Waals surface area (Å²) in [5.74, 6) is 0.154. The van der Waals surface area contributed by atoms with Crippen molar-refractivity contribution in [3.8, 4) is 0 Å². The van der Waals surface area contributed by atoms with Gasteiger partial charge in [-0.25, -0.2) is 0 Å². The van der Waals surface area contributed by atoms with Crippen LogP contribution in [0.1, 0.15) is 35.6 Å². The predicted molar refractivity (Wildman–Crippen MR) is 79.2 cm³/mol. The smallest absolute Gasteiger partial charge is 0.418 e. The molecule has 1 fully saturated rings. The summed E-state index contributed by atoms with van der Waals surface area (Å²) in [6.45, 7) is 1.89. The molecule has 0 amide bonds. The monoisotopic (exact) mass is 358 g/mol. The van der Waals surface area contributed by atoms with Crippen LogP contribution in [0.5, 0.6) is 0 Å². The molecule has 1 aliphatic carbocycles. The molecule has 9 heteroatoms. The van der Waals surface area contributed by atoms with Crippen molar-refractivity contribution in [1.82, 2.24) is 0 Å². The number of rotatable bonds is 1. The van der Waals surface area contributed by atoms with E-state index in [1.807, 2.05) is 19.1 Å². The molecule has 1 unspecified atom stereocenters. The molecule has 0 bridgehead atoms. The average Bonchev–Trinajstić information content (AvgIpc) is 2.64. The number of halogens is 7. The van der Waals surface area contributed by atoms with Crippen molar-refractivity contribution < 1.29 is 30.4 Å². The number of fused-ring (bicyclic) bond motifs is 1. The zero-order chi connectivity index (χ0) is 17.4. The Balaban J connectivity index is 0.000000338. The van der Waals surface area contributed by atoms with Crippen molar-refractivity contribution in [3.63, 3.8) is 0 Å². The summed E-state index contributed by atoms with van der Waals surface area (Å²) >= 11 is 0. The minimum atomic E-state index is -6.00. The first kappa shape index (κ1) is 18.1. The fourth-order valence-corrected chi connectivity index (χ4v) is 4.81. The minimum absolute atomic E-state index is 0.154. The number of thiophene rings is 1. The molecule has 0 saturated heterocycles. The first-order valence-corrected chi connectivity index (χ1v) is 8.20. The van der Waals surface area contributed by atoms with Gasteiger partial charge in [-0.3, -0.25) is 0 Å². The van der Waals surface area contributed by atoms with Gasteiger partial charge in [-0.05, 0) is 31.4 Å². The van der Waals surface area contributed by atoms with Gasteiger partial charge in [-0.15, -0.1) is 13.2 Å². The fourth-order valence-electron chi connectivity index (χ4n) is 2.58. The standard InChI is InChI=1S/C14H14F3S.BF4/c1-9-4-2-7-12-11(9)8-13(10-5-3-6-10)18(12)14(15,16)17;2-1(3,4)5/h2,4,7-8,10H,3,5-6H2,1H3;/q+1;-1. The van der Waals surface area contributed by atoms with Crippen LogP contribution in [0.3, 0.4) is 0 Å². The van der Waals surface area contributed by atoms with Gasteiger partial charge in [0, 0.05) is 17.4 Å². The van der Waals surface area contributed by atoms with Crippen LogP contribution in [0, 0.1) is 6.92 Å². The van der Waals surface area contributed by atoms with Crippen molar-refractivity contribution in [2.45, 2.75) is 37.6 Å². The van der Waals surface area contributed by atoms with Gasteiger partial charge in [0.05, 0.1) is 10.5 Å². The highest BCUT2D eigenvalue weighted by atomic mass is 32.2. The maximum atomic E-state index is 13.3. The lowest BCUT2D eigenvalue weighted by Gasteiger charge is -2.21. The normalized spacial score (nSPS) is 16.8. The van der Waals surface area contributed by atoms with Crippen LogP contribution in [-0.4, -0.2) is 7.25 Å². The summed E-state index contributed by atoms with van der Waals surface area (Å²) in [7, 11) is -7.69. The van der Waals surface area contributed by atoms with Crippen LogP contribution in [0.25, 0.3) is 10.1 Å². The van der Waals surface area contributed by atoms with E-state index < -0.39 is 23.2 Å². The summed E-state index contributed by atoms with van der Waals surface area (Å²) < 4.78 is 79.4. The Labute approximate surface area is 131 Å². The zero-order valence-electron chi connectivity index (χ0n) is 12.1. The van der Waals surface area contributed by atoms with E-state index >= 15 is 0 Å². The summed E-state index contributed by atoms with van der Waals surface area (Å²) in [5, 5.41) is 0.806. The third-order valence-corrected chi connectivity index (χ3v) is 5.95. The Morgan fingerprint density at radius 3 is 2.09 bits per heavy atom. The molecule has 1 heterocycles. The maximum Gasteiger partial charge on any atom is 0.673 e. The highest BCUT2D eigenvalue weighted by Crippen LogP contribution is 2.56. The molecule has 0 aliphatic heterocycles. The molecule has 128 valence electrons. The van der Waals surface area contributed by atoms with Crippen LogP contribution in [0.2, 0.25) is 0 Å². The minimum Gasteiger partial charge on any atom is -0.418 e. The van der Waals surface area contributed by atoms with E-state index in [9.17, 15) is 30.4 Å². The number of hydrogen-bond acceptors (Lipinski definition) is 0. The Morgan fingerprint density at radius 1 is 1.09 bits per heavy atom. The number of aryl methyl sites for hydroxylation is 1. The molecular formula is C14H14BF7S. The largest absolute Gasteiger partial charge is 0.673 e. The summed E-state index contributed by atoms with van der Waals surface area (Å²) in [4.78, 5) is 0.623. The van der Waals surface area contributed by atoms with Gasteiger partial charge in [-0.1, -0.05) is 18.6 Å². The maximum absolute atomic E-state index is 13.3. The van der Waals surface area contributed by atoms with Crippen molar-refractivity contribution >= 4 is 27.8 Å². The van der Waals surface area contributed by atoms with E-state index in [4.69, 9.17) is 0 Å². The molecule has 1 saturated carbocycles. The Kier molecular flexibility index (Phi) is 4.99. The first-order chi connectivity index (χ1) is 10.5. The number of alkyl halides is 3. The van der Waals surface area contributed by atoms with Crippen molar-refractivity contribution in [3.05, 3.63) is 34.7 Å². The third-order valence-electron chi connectivity index (χ3n) is 3.77. The van der Waals surface area contributed by atoms with E-state index in [1.165, 1.54) is 0 Å². The molecule has 0 spiro atoms. The Hall–Kier alpha value is -1.25. The first-order valence-electron chi connectivity index (χ1n) is 6.98. The molecule has 0 nitrogen and oxygen atoms in total. The molecular weight excluding hydrogens is 344 g/mol. The van der Waals surface area contributed by atoms with Gasteiger partial charge < -0.3 is 17.3 Å². The Morgan fingerprint density at radius 2 is 1.65 bits per heavy atom. The van der Waals surface area contributed by atoms with Crippen molar-refractivity contribution in [2.75, 3.05) is 0 Å². The lowest BCUT2D eigenvalue weighted by Crippen LogP contribution is -2.10. The quantitative estimate of drug-likeness (QED) is 0.294. The summed E-state index contributed by atoms with van der Waals surface area (Å²) in [6.07, 6.45) is 2.89. The highest BCUT2D eigenvalue weighted by molar-refractivity contribution is 7.38. The van der Waals surface area contributed by atoms with E-state index in [-0.39, 0.29) is 5.92 Å². The van der Waals surface area contributed by atoms with Gasteiger partial charge >= 0.3 is 12.8 Å². The average molecular weight is 358 g/mol. The van der Waals surface area contributed by atoms with E-state index in [2.05, 4.69) is 0 Å². The lowest BCUT2D eigenvalue weighted by atomic mass is 9.84. The molecule has 23 heavy (non-hydrogen) atoms. The molecule has 2 aromatic rings. The molecule has 1 atom stereocenters. The molecule has 1 aromatic carbocycles. The van der Waals surface area contributed by atoms with Gasteiger partial charge in [-0.2, -0.15) is 0 Å². The van der Waals surface area contributed by atoms with Crippen LogP contribution in [0.15, 0.2) is 24.3 Å². The molecule has 0 radical (unpaired) electrons. The third kappa shape index (κ3) is 4.40. The number of hydrogen-bond donors (Lipinski definition) is 0. The second-order valence-electron chi connectivity index (χ2n) is 5.41. The molecule has 0 N–H and O–H groups in total. The predicted octanol–water partition coefficient (Wildman–Crippen LogP) is 6.94. The second-order valence-corrected chi connectivity index (χ2v) is 7.39. The lowest BCUT2D eigenvalue weighted by molar-refractivity contribution is -0.0868. The van der Waals surface area contributed by atoms with Gasteiger partial charge in [0.25, 0.3) is 0 Å². The summed E-state index contributed by atoms with van der Waals surface area (Å²) in [5.41, 5.74) is -3.19. The van der Waals surface area contributed by atoms with Gasteiger partial charge in [0.15, 0.2) is 9.58 Å². The summed E-state index contributed by atoms with van der Waals surface area (Å²) in [6, 6.07) is 7.07. The second kappa shape index (κ2) is 6.34.